The maximum atomic E-state index is 6.15. The summed E-state index contributed by atoms with van der Waals surface area (Å²) < 4.78 is 0. The molecule has 2 aromatic rings. The number of halogens is 1. The second-order valence-corrected chi connectivity index (χ2v) is 4.79. The molecule has 1 aromatic heterocycles. The molecule has 0 aliphatic heterocycles. The van der Waals surface area contributed by atoms with Gasteiger partial charge in [-0.3, -0.25) is 9.88 Å². The summed E-state index contributed by atoms with van der Waals surface area (Å²) in [6.45, 7) is 1.59. The Bertz CT molecular complexity index is 514. The normalized spacial score (nSPS) is 10.8. The lowest BCUT2D eigenvalue weighted by molar-refractivity contribution is 0.319. The molecule has 94 valence electrons. The zero-order valence-corrected chi connectivity index (χ0v) is 11.1. The van der Waals surface area contributed by atoms with Crippen LogP contribution in [0.15, 0.2) is 42.7 Å². The zero-order valence-electron chi connectivity index (χ0n) is 10.3. The van der Waals surface area contributed by atoms with Crippen molar-refractivity contribution < 1.29 is 0 Å². The fraction of sp³-hybridized carbons (Fsp3) is 0.214. The van der Waals surface area contributed by atoms with Crippen molar-refractivity contribution in [3.8, 4) is 0 Å². The van der Waals surface area contributed by atoms with Crippen LogP contribution in [0.1, 0.15) is 11.1 Å². The summed E-state index contributed by atoms with van der Waals surface area (Å²) in [5, 5.41) is 0.752. The Morgan fingerprint density at radius 3 is 2.83 bits per heavy atom. The molecule has 0 amide bonds. The third-order valence-corrected chi connectivity index (χ3v) is 3.05. The van der Waals surface area contributed by atoms with Gasteiger partial charge in [0.25, 0.3) is 0 Å². The Kier molecular flexibility index (Phi) is 4.18. The van der Waals surface area contributed by atoms with E-state index in [1.165, 1.54) is 5.56 Å². The minimum absolute atomic E-state index is 0.740. The summed E-state index contributed by atoms with van der Waals surface area (Å²) in [5.41, 5.74) is 8.73. The Labute approximate surface area is 112 Å². The molecule has 4 heteroatoms. The first-order chi connectivity index (χ1) is 8.65. The molecule has 0 radical (unpaired) electrons. The standard InChI is InChI=1S/C14H16ClN3/c1-18(9-11-3-2-6-17-8-11)10-12-7-13(16)4-5-14(12)15/h2-8H,9-10,16H2,1H3. The van der Waals surface area contributed by atoms with E-state index in [9.17, 15) is 0 Å². The van der Waals surface area contributed by atoms with Crippen molar-refractivity contribution >= 4 is 17.3 Å². The first-order valence-electron chi connectivity index (χ1n) is 5.76. The third-order valence-electron chi connectivity index (χ3n) is 2.69. The minimum Gasteiger partial charge on any atom is -0.399 e. The molecule has 18 heavy (non-hydrogen) atoms. The third kappa shape index (κ3) is 3.45. The van der Waals surface area contributed by atoms with Gasteiger partial charge in [-0.25, -0.2) is 0 Å². The molecule has 0 spiro atoms. The van der Waals surface area contributed by atoms with Gasteiger partial charge >= 0.3 is 0 Å². The maximum Gasteiger partial charge on any atom is 0.0452 e. The summed E-state index contributed by atoms with van der Waals surface area (Å²) in [6.07, 6.45) is 3.65. The zero-order chi connectivity index (χ0) is 13.0. The average Bonchev–Trinajstić information content (AvgIpc) is 2.35. The van der Waals surface area contributed by atoms with Crippen LogP contribution in [0.2, 0.25) is 5.02 Å². The minimum atomic E-state index is 0.740. The number of rotatable bonds is 4. The highest BCUT2D eigenvalue weighted by molar-refractivity contribution is 6.31. The van der Waals surface area contributed by atoms with Gasteiger partial charge in [-0.15, -0.1) is 0 Å². The summed E-state index contributed by atoms with van der Waals surface area (Å²) in [4.78, 5) is 6.28. The number of pyridine rings is 1. The van der Waals surface area contributed by atoms with E-state index in [2.05, 4.69) is 16.0 Å². The molecule has 0 saturated heterocycles. The largest absolute Gasteiger partial charge is 0.399 e. The van der Waals surface area contributed by atoms with Crippen LogP contribution < -0.4 is 5.73 Å². The van der Waals surface area contributed by atoms with Crippen LogP contribution in [0, 0.1) is 0 Å². The fourth-order valence-electron chi connectivity index (χ4n) is 1.87. The van der Waals surface area contributed by atoms with Crippen molar-refractivity contribution in [1.29, 1.82) is 0 Å². The van der Waals surface area contributed by atoms with Crippen LogP contribution >= 0.6 is 11.6 Å². The smallest absolute Gasteiger partial charge is 0.0452 e. The van der Waals surface area contributed by atoms with Crippen molar-refractivity contribution in [3.05, 3.63) is 58.9 Å². The number of aromatic nitrogens is 1. The highest BCUT2D eigenvalue weighted by atomic mass is 35.5. The maximum absolute atomic E-state index is 6.15. The van der Waals surface area contributed by atoms with Crippen LogP contribution in [-0.4, -0.2) is 16.9 Å². The number of nitrogens with two attached hydrogens (primary N) is 1. The predicted octanol–water partition coefficient (Wildman–Crippen LogP) is 2.95. The van der Waals surface area contributed by atoms with E-state index in [0.717, 1.165) is 29.4 Å². The highest BCUT2D eigenvalue weighted by Crippen LogP contribution is 2.20. The van der Waals surface area contributed by atoms with Gasteiger partial charge in [0.15, 0.2) is 0 Å². The van der Waals surface area contributed by atoms with Crippen molar-refractivity contribution in [1.82, 2.24) is 9.88 Å². The van der Waals surface area contributed by atoms with Gasteiger partial charge in [0, 0.05) is 36.2 Å². The molecule has 0 atom stereocenters. The number of hydrogen-bond acceptors (Lipinski definition) is 3. The molecular formula is C14H16ClN3. The fourth-order valence-corrected chi connectivity index (χ4v) is 2.04. The SMILES string of the molecule is CN(Cc1cccnc1)Cc1cc(N)ccc1Cl. The van der Waals surface area contributed by atoms with Gasteiger partial charge in [-0.05, 0) is 42.4 Å². The van der Waals surface area contributed by atoms with Crippen LogP contribution in [0.3, 0.4) is 0 Å². The predicted molar refractivity (Wildman–Crippen MR) is 75.3 cm³/mol. The van der Waals surface area contributed by atoms with Crippen LogP contribution in [-0.2, 0) is 13.1 Å². The van der Waals surface area contributed by atoms with Crippen LogP contribution in [0.5, 0.6) is 0 Å². The molecular weight excluding hydrogens is 246 g/mol. The van der Waals surface area contributed by atoms with E-state index in [1.807, 2.05) is 37.5 Å². The molecule has 2 N–H and O–H groups in total. The highest BCUT2D eigenvalue weighted by Gasteiger charge is 2.06. The van der Waals surface area contributed by atoms with Crippen molar-refractivity contribution in [2.24, 2.45) is 0 Å². The first kappa shape index (κ1) is 12.9. The molecule has 2 rings (SSSR count). The lowest BCUT2D eigenvalue weighted by Crippen LogP contribution is -2.17. The monoisotopic (exact) mass is 261 g/mol. The molecule has 0 saturated carbocycles. The lowest BCUT2D eigenvalue weighted by Gasteiger charge is -2.17. The molecule has 0 fully saturated rings. The van der Waals surface area contributed by atoms with Crippen molar-refractivity contribution in [2.75, 3.05) is 12.8 Å². The number of anilines is 1. The van der Waals surface area contributed by atoms with Crippen LogP contribution in [0.25, 0.3) is 0 Å². The van der Waals surface area contributed by atoms with Crippen molar-refractivity contribution in [2.45, 2.75) is 13.1 Å². The van der Waals surface area contributed by atoms with Gasteiger partial charge < -0.3 is 5.73 Å². The topological polar surface area (TPSA) is 42.2 Å². The molecule has 0 bridgehead atoms. The molecule has 1 aromatic carbocycles. The Hall–Kier alpha value is -1.58. The van der Waals surface area contributed by atoms with Gasteiger partial charge in [-0.2, -0.15) is 0 Å². The lowest BCUT2D eigenvalue weighted by atomic mass is 10.2. The summed E-state index contributed by atoms with van der Waals surface area (Å²) in [6, 6.07) is 9.57. The second-order valence-electron chi connectivity index (χ2n) is 4.38. The summed E-state index contributed by atoms with van der Waals surface area (Å²) in [7, 11) is 2.05. The Morgan fingerprint density at radius 1 is 1.28 bits per heavy atom. The van der Waals surface area contributed by atoms with Gasteiger partial charge in [0.2, 0.25) is 0 Å². The van der Waals surface area contributed by atoms with E-state index in [1.54, 1.807) is 6.20 Å². The van der Waals surface area contributed by atoms with Crippen LogP contribution in [0.4, 0.5) is 5.69 Å². The van der Waals surface area contributed by atoms with E-state index in [-0.39, 0.29) is 0 Å². The van der Waals surface area contributed by atoms with E-state index < -0.39 is 0 Å². The van der Waals surface area contributed by atoms with E-state index in [0.29, 0.717) is 0 Å². The van der Waals surface area contributed by atoms with E-state index in [4.69, 9.17) is 17.3 Å². The van der Waals surface area contributed by atoms with Gasteiger partial charge in [0.1, 0.15) is 0 Å². The molecule has 3 nitrogen and oxygen atoms in total. The van der Waals surface area contributed by atoms with Gasteiger partial charge in [0.05, 0.1) is 0 Å². The molecule has 0 aliphatic carbocycles. The Balaban J connectivity index is 2.03. The number of nitrogens with zero attached hydrogens (tertiary/aromatic N) is 2. The van der Waals surface area contributed by atoms with Crippen molar-refractivity contribution in [3.63, 3.8) is 0 Å². The summed E-state index contributed by atoms with van der Waals surface area (Å²) >= 11 is 6.15. The number of benzene rings is 1. The summed E-state index contributed by atoms with van der Waals surface area (Å²) in [5.74, 6) is 0. The second kappa shape index (κ2) is 5.85. The quantitative estimate of drug-likeness (QED) is 0.861. The van der Waals surface area contributed by atoms with E-state index >= 15 is 0 Å². The molecule has 0 unspecified atom stereocenters. The van der Waals surface area contributed by atoms with Gasteiger partial charge in [-0.1, -0.05) is 17.7 Å². The average molecular weight is 262 g/mol. The number of nitrogen functional groups attached to an aromatic ring is 1. The molecule has 0 aliphatic rings. The Morgan fingerprint density at radius 2 is 2.11 bits per heavy atom. The number of hydrogen-bond donors (Lipinski definition) is 1. The molecule has 1 heterocycles. The first-order valence-corrected chi connectivity index (χ1v) is 6.14.